The zero-order valence-electron chi connectivity index (χ0n) is 17.8. The molecule has 1 N–H and O–H groups in total. The van der Waals surface area contributed by atoms with Gasteiger partial charge in [0.05, 0.1) is 5.75 Å². The van der Waals surface area contributed by atoms with Crippen LogP contribution in [0.2, 0.25) is 0 Å². The van der Waals surface area contributed by atoms with E-state index in [0.717, 1.165) is 43.7 Å². The summed E-state index contributed by atoms with van der Waals surface area (Å²) in [7, 11) is -1.22. The van der Waals surface area contributed by atoms with Crippen molar-refractivity contribution >= 4 is 32.4 Å². The first kappa shape index (κ1) is 21.4. The first-order valence-electron chi connectivity index (χ1n) is 10.3. The van der Waals surface area contributed by atoms with Gasteiger partial charge in [0.25, 0.3) is 5.91 Å². The monoisotopic (exact) mass is 441 g/mol. The number of hydrogen-bond acceptors (Lipinski definition) is 6. The molecule has 0 radical (unpaired) electrons. The lowest BCUT2D eigenvalue weighted by Crippen LogP contribution is -2.45. The Morgan fingerprint density at radius 3 is 2.45 bits per heavy atom. The molecule has 1 saturated heterocycles. The van der Waals surface area contributed by atoms with E-state index in [1.807, 2.05) is 18.2 Å². The van der Waals surface area contributed by atoms with E-state index in [1.165, 1.54) is 0 Å². The van der Waals surface area contributed by atoms with Crippen LogP contribution in [-0.4, -0.2) is 58.7 Å². The fraction of sp³-hybridized carbons (Fsp3) is 0.348. The fourth-order valence-electron chi connectivity index (χ4n) is 3.96. The highest BCUT2D eigenvalue weighted by molar-refractivity contribution is 7.89. The zero-order valence-corrected chi connectivity index (χ0v) is 18.6. The predicted octanol–water partition coefficient (Wildman–Crippen LogP) is 2.66. The van der Waals surface area contributed by atoms with Gasteiger partial charge in [-0.2, -0.15) is 0 Å². The second-order valence-corrected chi connectivity index (χ2v) is 10.2. The largest absolute Gasteiger partial charge is 0.451 e. The molecule has 0 bridgehead atoms. The van der Waals surface area contributed by atoms with Crippen LogP contribution in [0.4, 0.5) is 5.69 Å². The van der Waals surface area contributed by atoms with E-state index in [4.69, 9.17) is 4.42 Å². The van der Waals surface area contributed by atoms with Crippen LogP contribution in [0.25, 0.3) is 11.0 Å². The van der Waals surface area contributed by atoms with Gasteiger partial charge < -0.3 is 19.5 Å². The van der Waals surface area contributed by atoms with Gasteiger partial charge in [-0.3, -0.25) is 4.79 Å². The molecule has 3 aromatic rings. The number of piperazine rings is 1. The Hall–Kier alpha value is -2.84. The molecule has 2 heterocycles. The third kappa shape index (κ3) is 4.91. The minimum atomic E-state index is -3.34. The van der Waals surface area contributed by atoms with E-state index in [2.05, 4.69) is 28.2 Å². The first-order valence-corrected chi connectivity index (χ1v) is 12.4. The highest BCUT2D eigenvalue weighted by atomic mass is 32.2. The number of nitrogens with zero attached hydrogens (tertiary/aromatic N) is 2. The summed E-state index contributed by atoms with van der Waals surface area (Å²) >= 11 is 0. The van der Waals surface area contributed by atoms with E-state index in [9.17, 15) is 13.2 Å². The standard InChI is InChI=1S/C23H27N3O4S/c1-25-11-13-26(14-12-25)20-9-5-3-7-17(20)15-24-23(27)22-19(16-31(2,28)29)18-8-4-6-10-21(18)30-22/h3-10H,11-16H2,1-2H3,(H,24,27). The van der Waals surface area contributed by atoms with Crippen molar-refractivity contribution in [2.75, 3.05) is 44.4 Å². The van der Waals surface area contributed by atoms with Gasteiger partial charge in [0.1, 0.15) is 5.58 Å². The minimum absolute atomic E-state index is 0.0590. The molecule has 0 aliphatic carbocycles. The van der Waals surface area contributed by atoms with E-state index >= 15 is 0 Å². The molecule has 8 heteroatoms. The number of carbonyl (C=O) groups excluding carboxylic acids is 1. The minimum Gasteiger partial charge on any atom is -0.451 e. The molecule has 1 aromatic heterocycles. The lowest BCUT2D eigenvalue weighted by Gasteiger charge is -2.35. The molecule has 1 aliphatic heterocycles. The van der Waals surface area contributed by atoms with E-state index in [-0.39, 0.29) is 11.5 Å². The number of nitrogens with one attached hydrogen (secondary N) is 1. The summed E-state index contributed by atoms with van der Waals surface area (Å²) in [6, 6.07) is 15.1. The summed E-state index contributed by atoms with van der Waals surface area (Å²) in [5, 5.41) is 3.58. The smallest absolute Gasteiger partial charge is 0.287 e. The van der Waals surface area contributed by atoms with Crippen LogP contribution >= 0.6 is 0 Å². The maximum atomic E-state index is 13.0. The van der Waals surface area contributed by atoms with Crippen LogP contribution in [0.5, 0.6) is 0 Å². The molecular formula is C23H27N3O4S. The highest BCUT2D eigenvalue weighted by Crippen LogP contribution is 2.28. The summed E-state index contributed by atoms with van der Waals surface area (Å²) < 4.78 is 29.7. The molecule has 0 saturated carbocycles. The summed E-state index contributed by atoms with van der Waals surface area (Å²) in [4.78, 5) is 17.6. The van der Waals surface area contributed by atoms with Crippen LogP contribution in [0.15, 0.2) is 52.9 Å². The van der Waals surface area contributed by atoms with E-state index in [1.54, 1.807) is 24.3 Å². The fourth-order valence-corrected chi connectivity index (χ4v) is 4.77. The molecule has 1 aliphatic rings. The molecule has 164 valence electrons. The first-order chi connectivity index (χ1) is 14.8. The van der Waals surface area contributed by atoms with Crippen molar-refractivity contribution in [1.82, 2.24) is 10.2 Å². The molecule has 1 amide bonds. The molecule has 7 nitrogen and oxygen atoms in total. The highest BCUT2D eigenvalue weighted by Gasteiger charge is 2.24. The Morgan fingerprint density at radius 2 is 1.71 bits per heavy atom. The van der Waals surface area contributed by atoms with Crippen LogP contribution in [0.1, 0.15) is 21.7 Å². The number of likely N-dealkylation sites (N-methyl/N-ethyl adjacent to an activating group) is 1. The second-order valence-electron chi connectivity index (χ2n) is 8.08. The predicted molar refractivity (Wildman–Crippen MR) is 122 cm³/mol. The quantitative estimate of drug-likeness (QED) is 0.633. The van der Waals surface area contributed by atoms with Crippen LogP contribution in [0, 0.1) is 0 Å². The third-order valence-electron chi connectivity index (χ3n) is 5.59. The van der Waals surface area contributed by atoms with Gasteiger partial charge in [0.15, 0.2) is 15.6 Å². The van der Waals surface area contributed by atoms with Gasteiger partial charge in [-0.1, -0.05) is 36.4 Å². The average molecular weight is 442 g/mol. The number of sulfone groups is 1. The van der Waals surface area contributed by atoms with Crippen molar-refractivity contribution in [2.45, 2.75) is 12.3 Å². The number of amides is 1. The SMILES string of the molecule is CN1CCN(c2ccccc2CNC(=O)c2oc3ccccc3c2CS(C)(=O)=O)CC1. The zero-order chi connectivity index (χ0) is 22.0. The number of rotatable bonds is 6. The lowest BCUT2D eigenvalue weighted by atomic mass is 10.1. The Balaban J connectivity index is 1.56. The molecule has 0 atom stereocenters. The molecule has 31 heavy (non-hydrogen) atoms. The third-order valence-corrected chi connectivity index (χ3v) is 6.40. The van der Waals surface area contributed by atoms with Gasteiger partial charge in [-0.05, 0) is 24.7 Å². The maximum absolute atomic E-state index is 13.0. The van der Waals surface area contributed by atoms with Crippen LogP contribution in [-0.2, 0) is 22.1 Å². The summed E-state index contributed by atoms with van der Waals surface area (Å²) in [6.45, 7) is 4.19. The Bertz CT molecular complexity index is 1190. The number of hydrogen-bond donors (Lipinski definition) is 1. The van der Waals surface area contributed by atoms with Gasteiger partial charge in [0, 0.05) is 55.6 Å². The van der Waals surface area contributed by atoms with Gasteiger partial charge in [-0.15, -0.1) is 0 Å². The van der Waals surface area contributed by atoms with Gasteiger partial charge >= 0.3 is 0 Å². The normalized spacial score (nSPS) is 15.4. The average Bonchev–Trinajstić information content (AvgIpc) is 3.10. The summed E-state index contributed by atoms with van der Waals surface area (Å²) in [5.74, 6) is -0.600. The number of para-hydroxylation sites is 2. The molecule has 1 fully saturated rings. The Labute approximate surface area is 182 Å². The van der Waals surface area contributed by atoms with E-state index in [0.29, 0.717) is 23.1 Å². The number of benzene rings is 2. The molecule has 4 rings (SSSR count). The molecule has 2 aromatic carbocycles. The maximum Gasteiger partial charge on any atom is 0.287 e. The Kier molecular flexibility index (Phi) is 6.02. The number of fused-ring (bicyclic) bond motifs is 1. The van der Waals surface area contributed by atoms with E-state index < -0.39 is 15.7 Å². The topological polar surface area (TPSA) is 82.9 Å². The lowest BCUT2D eigenvalue weighted by molar-refractivity contribution is 0.0924. The second kappa shape index (κ2) is 8.72. The number of furan rings is 1. The van der Waals surface area contributed by atoms with Crippen molar-refractivity contribution in [3.05, 3.63) is 65.4 Å². The number of anilines is 1. The molecule has 0 unspecified atom stereocenters. The number of carbonyl (C=O) groups is 1. The summed E-state index contributed by atoms with van der Waals surface area (Å²) in [6.07, 6.45) is 1.16. The van der Waals surface area contributed by atoms with Crippen molar-refractivity contribution in [3.8, 4) is 0 Å². The van der Waals surface area contributed by atoms with Crippen molar-refractivity contribution in [3.63, 3.8) is 0 Å². The van der Waals surface area contributed by atoms with Gasteiger partial charge in [0.2, 0.25) is 0 Å². The van der Waals surface area contributed by atoms with Crippen molar-refractivity contribution in [1.29, 1.82) is 0 Å². The van der Waals surface area contributed by atoms with Crippen LogP contribution < -0.4 is 10.2 Å². The van der Waals surface area contributed by atoms with Crippen molar-refractivity contribution in [2.24, 2.45) is 0 Å². The molecular weight excluding hydrogens is 414 g/mol. The molecule has 0 spiro atoms. The van der Waals surface area contributed by atoms with Crippen LogP contribution in [0.3, 0.4) is 0 Å². The van der Waals surface area contributed by atoms with Crippen molar-refractivity contribution < 1.29 is 17.6 Å². The summed E-state index contributed by atoms with van der Waals surface area (Å²) in [5.41, 5.74) is 3.03. The Morgan fingerprint density at radius 1 is 1.03 bits per heavy atom. The van der Waals surface area contributed by atoms with Gasteiger partial charge in [-0.25, -0.2) is 8.42 Å².